The zero-order valence-electron chi connectivity index (χ0n) is 15.1. The summed E-state index contributed by atoms with van der Waals surface area (Å²) >= 11 is 0. The largest absolute Gasteiger partial charge is 0.497 e. The normalized spacial score (nSPS) is 11.4. The van der Waals surface area contributed by atoms with Gasteiger partial charge in [0.1, 0.15) is 11.6 Å². The van der Waals surface area contributed by atoms with E-state index in [4.69, 9.17) is 9.47 Å². The van der Waals surface area contributed by atoms with Crippen LogP contribution in [0.4, 0.5) is 10.1 Å². The Morgan fingerprint density at radius 3 is 2.39 bits per heavy atom. The lowest BCUT2D eigenvalue weighted by Crippen LogP contribution is -2.26. The van der Waals surface area contributed by atoms with Crippen LogP contribution in [0.15, 0.2) is 78.9 Å². The number of carbonyl (C=O) groups is 2. The number of hydrogen-bond acceptors (Lipinski definition) is 4. The molecular formula is C22H18FNO4. The zero-order valence-corrected chi connectivity index (χ0v) is 15.1. The van der Waals surface area contributed by atoms with Gasteiger partial charge in [-0.15, -0.1) is 0 Å². The van der Waals surface area contributed by atoms with Crippen molar-refractivity contribution in [3.05, 3.63) is 95.8 Å². The van der Waals surface area contributed by atoms with E-state index in [0.717, 1.165) is 6.07 Å². The molecule has 1 atom stereocenters. The third kappa shape index (κ3) is 4.73. The minimum atomic E-state index is -1.21. The molecule has 1 amide bonds. The van der Waals surface area contributed by atoms with Gasteiger partial charge in [-0.2, -0.15) is 0 Å². The van der Waals surface area contributed by atoms with Crippen LogP contribution in [0.5, 0.6) is 5.75 Å². The summed E-state index contributed by atoms with van der Waals surface area (Å²) in [4.78, 5) is 25.3. The Morgan fingerprint density at radius 2 is 1.68 bits per heavy atom. The first kappa shape index (κ1) is 19.1. The second kappa shape index (κ2) is 8.81. The number of anilines is 1. The minimum Gasteiger partial charge on any atom is -0.497 e. The van der Waals surface area contributed by atoms with Gasteiger partial charge in [-0.05, 0) is 30.3 Å². The fourth-order valence-corrected chi connectivity index (χ4v) is 2.60. The van der Waals surface area contributed by atoms with Gasteiger partial charge < -0.3 is 14.8 Å². The first-order chi connectivity index (χ1) is 13.6. The molecular weight excluding hydrogens is 361 g/mol. The van der Waals surface area contributed by atoms with Crippen LogP contribution in [-0.4, -0.2) is 19.0 Å². The number of amides is 1. The van der Waals surface area contributed by atoms with Gasteiger partial charge in [0, 0.05) is 17.3 Å². The molecule has 0 spiro atoms. The van der Waals surface area contributed by atoms with Crippen LogP contribution in [0.2, 0.25) is 0 Å². The Bertz CT molecular complexity index is 975. The second-order valence-corrected chi connectivity index (χ2v) is 5.93. The number of halogens is 1. The molecule has 3 aromatic rings. The molecule has 5 nitrogen and oxygen atoms in total. The molecule has 0 aliphatic carbocycles. The Labute approximate surface area is 161 Å². The van der Waals surface area contributed by atoms with Crippen LogP contribution in [0, 0.1) is 5.82 Å². The molecule has 0 aliphatic heterocycles. The number of methoxy groups -OCH3 is 1. The lowest BCUT2D eigenvalue weighted by atomic mass is 10.1. The highest BCUT2D eigenvalue weighted by Crippen LogP contribution is 2.23. The first-order valence-electron chi connectivity index (χ1n) is 8.53. The molecule has 3 aromatic carbocycles. The molecule has 6 heteroatoms. The summed E-state index contributed by atoms with van der Waals surface area (Å²) in [5.74, 6) is -1.32. The number of rotatable bonds is 6. The molecule has 0 aliphatic rings. The summed E-state index contributed by atoms with van der Waals surface area (Å²) in [6.07, 6.45) is -1.21. The summed E-state index contributed by atoms with van der Waals surface area (Å²) in [5.41, 5.74) is 1.01. The monoisotopic (exact) mass is 379 g/mol. The van der Waals surface area contributed by atoms with Crippen molar-refractivity contribution in [1.82, 2.24) is 0 Å². The van der Waals surface area contributed by atoms with E-state index in [1.807, 2.05) is 0 Å². The van der Waals surface area contributed by atoms with Crippen molar-refractivity contribution in [2.75, 3.05) is 12.4 Å². The first-order valence-corrected chi connectivity index (χ1v) is 8.53. The van der Waals surface area contributed by atoms with E-state index >= 15 is 0 Å². The highest BCUT2D eigenvalue weighted by atomic mass is 19.1. The molecule has 0 aromatic heterocycles. The maximum absolute atomic E-state index is 13.4. The maximum Gasteiger partial charge on any atom is 0.339 e. The van der Waals surface area contributed by atoms with Crippen molar-refractivity contribution in [1.29, 1.82) is 0 Å². The van der Waals surface area contributed by atoms with Crippen molar-refractivity contribution >= 4 is 17.6 Å². The van der Waals surface area contributed by atoms with Crippen molar-refractivity contribution in [2.24, 2.45) is 0 Å². The molecule has 142 valence electrons. The van der Waals surface area contributed by atoms with Crippen LogP contribution in [0.3, 0.4) is 0 Å². The summed E-state index contributed by atoms with van der Waals surface area (Å²) in [5, 5.41) is 2.71. The molecule has 0 saturated heterocycles. The highest BCUT2D eigenvalue weighted by molar-refractivity contribution is 5.98. The van der Waals surface area contributed by atoms with Gasteiger partial charge in [0.2, 0.25) is 6.10 Å². The molecule has 28 heavy (non-hydrogen) atoms. The van der Waals surface area contributed by atoms with E-state index in [1.165, 1.54) is 25.3 Å². The van der Waals surface area contributed by atoms with Crippen molar-refractivity contribution < 1.29 is 23.5 Å². The van der Waals surface area contributed by atoms with Crippen molar-refractivity contribution in [3.8, 4) is 5.75 Å². The Morgan fingerprint density at radius 1 is 0.929 bits per heavy atom. The van der Waals surface area contributed by atoms with Crippen molar-refractivity contribution in [2.45, 2.75) is 6.10 Å². The standard InChI is InChI=1S/C22H18FNO4/c1-27-19-12-6-11-18(14-19)24-21(25)20(15-7-3-2-4-8-15)28-22(26)16-9-5-10-17(23)13-16/h2-14,20H,1H3,(H,24,25)/t20-/m1/s1. The highest BCUT2D eigenvalue weighted by Gasteiger charge is 2.26. The molecule has 0 saturated carbocycles. The van der Waals surface area contributed by atoms with Gasteiger partial charge in [0.05, 0.1) is 12.7 Å². The van der Waals surface area contributed by atoms with Gasteiger partial charge in [-0.1, -0.05) is 42.5 Å². The fourth-order valence-electron chi connectivity index (χ4n) is 2.60. The average Bonchev–Trinajstić information content (AvgIpc) is 2.72. The van der Waals surface area contributed by atoms with Crippen LogP contribution in [0.1, 0.15) is 22.0 Å². The number of nitrogens with one attached hydrogen (secondary N) is 1. The summed E-state index contributed by atoms with van der Waals surface area (Å²) < 4.78 is 24.0. The van der Waals surface area contributed by atoms with Crippen molar-refractivity contribution in [3.63, 3.8) is 0 Å². The third-order valence-corrected chi connectivity index (χ3v) is 3.96. The number of carbonyl (C=O) groups excluding carboxylic acids is 2. The molecule has 0 radical (unpaired) electrons. The third-order valence-electron chi connectivity index (χ3n) is 3.96. The molecule has 0 bridgehead atoms. The van der Waals surface area contributed by atoms with Gasteiger partial charge in [-0.3, -0.25) is 4.79 Å². The minimum absolute atomic E-state index is 0.0233. The predicted octanol–water partition coefficient (Wildman–Crippen LogP) is 4.37. The van der Waals surface area contributed by atoms with E-state index in [2.05, 4.69) is 5.32 Å². The fraction of sp³-hybridized carbons (Fsp3) is 0.0909. The van der Waals surface area contributed by atoms with Crippen LogP contribution in [-0.2, 0) is 9.53 Å². The van der Waals surface area contributed by atoms with E-state index in [9.17, 15) is 14.0 Å². The number of esters is 1. The number of benzene rings is 3. The predicted molar refractivity (Wildman–Crippen MR) is 103 cm³/mol. The summed E-state index contributed by atoms with van der Waals surface area (Å²) in [6, 6.07) is 20.5. The van der Waals surface area contributed by atoms with E-state index in [0.29, 0.717) is 17.0 Å². The van der Waals surface area contributed by atoms with Gasteiger partial charge in [0.25, 0.3) is 5.91 Å². The van der Waals surface area contributed by atoms with Gasteiger partial charge in [0.15, 0.2) is 0 Å². The molecule has 0 heterocycles. The number of hydrogen-bond donors (Lipinski definition) is 1. The van der Waals surface area contributed by atoms with E-state index in [-0.39, 0.29) is 5.56 Å². The average molecular weight is 379 g/mol. The quantitative estimate of drug-likeness (QED) is 0.646. The van der Waals surface area contributed by atoms with Gasteiger partial charge >= 0.3 is 5.97 Å². The summed E-state index contributed by atoms with van der Waals surface area (Å²) in [6.45, 7) is 0. The number of ether oxygens (including phenoxy) is 2. The smallest absolute Gasteiger partial charge is 0.339 e. The molecule has 0 unspecified atom stereocenters. The Hall–Kier alpha value is -3.67. The van der Waals surface area contributed by atoms with Crippen LogP contribution >= 0.6 is 0 Å². The topological polar surface area (TPSA) is 64.6 Å². The van der Waals surface area contributed by atoms with Crippen LogP contribution in [0.25, 0.3) is 0 Å². The second-order valence-electron chi connectivity index (χ2n) is 5.93. The van der Waals surface area contributed by atoms with Gasteiger partial charge in [-0.25, -0.2) is 9.18 Å². The Balaban J connectivity index is 1.84. The Kier molecular flexibility index (Phi) is 6.01. The molecule has 0 fully saturated rings. The summed E-state index contributed by atoms with van der Waals surface area (Å²) in [7, 11) is 1.52. The lowest BCUT2D eigenvalue weighted by molar-refractivity contribution is -0.125. The lowest BCUT2D eigenvalue weighted by Gasteiger charge is -2.18. The maximum atomic E-state index is 13.4. The van der Waals surface area contributed by atoms with Crippen LogP contribution < -0.4 is 10.1 Å². The SMILES string of the molecule is COc1cccc(NC(=O)[C@H](OC(=O)c2cccc(F)c2)c2ccccc2)c1. The molecule has 1 N–H and O–H groups in total. The molecule has 3 rings (SSSR count). The van der Waals surface area contributed by atoms with E-state index in [1.54, 1.807) is 54.6 Å². The zero-order chi connectivity index (χ0) is 19.9. The van der Waals surface area contributed by atoms with E-state index < -0.39 is 23.8 Å².